The number of halogens is 1. The average molecular weight is 385 g/mol. The van der Waals surface area contributed by atoms with Crippen molar-refractivity contribution in [2.45, 2.75) is 13.0 Å². The van der Waals surface area contributed by atoms with Crippen LogP contribution < -0.4 is 15.3 Å². The van der Waals surface area contributed by atoms with Gasteiger partial charge in [0.2, 0.25) is 0 Å². The maximum atomic E-state index is 13.9. The first-order valence-electron chi connectivity index (χ1n) is 8.31. The number of fused-ring (bicyclic) bond motifs is 1. The van der Waals surface area contributed by atoms with Crippen LogP contribution >= 0.6 is 19.0 Å². The van der Waals surface area contributed by atoms with E-state index in [-0.39, 0.29) is 0 Å². The molecule has 0 saturated carbocycles. The molecule has 0 spiro atoms. The largest absolute Gasteiger partial charge is 0.497 e. The second-order valence-electron chi connectivity index (χ2n) is 6.35. The third-order valence-corrected chi connectivity index (χ3v) is 7.40. The summed E-state index contributed by atoms with van der Waals surface area (Å²) in [6, 6.07) is 20.7. The van der Waals surface area contributed by atoms with Crippen LogP contribution in [0.4, 0.5) is 0 Å². The fourth-order valence-corrected chi connectivity index (χ4v) is 5.79. The van der Waals surface area contributed by atoms with Crippen molar-refractivity contribution in [1.29, 1.82) is 0 Å². The highest BCUT2D eigenvalue weighted by atomic mass is 35.5. The van der Waals surface area contributed by atoms with Gasteiger partial charge in [-0.3, -0.25) is 4.57 Å². The van der Waals surface area contributed by atoms with Crippen LogP contribution in [0.2, 0.25) is 5.02 Å². The average Bonchev–Trinajstić information content (AvgIpc) is 2.96. The molecule has 1 heterocycles. The molecule has 0 N–H and O–H groups in total. The highest BCUT2D eigenvalue weighted by molar-refractivity contribution is 7.74. The topological polar surface area (TPSA) is 35.5 Å². The van der Waals surface area contributed by atoms with Crippen molar-refractivity contribution in [2.75, 3.05) is 7.11 Å². The van der Waals surface area contributed by atoms with Crippen molar-refractivity contribution in [3.8, 4) is 5.75 Å². The normalized spacial score (nSPS) is 21.4. The van der Waals surface area contributed by atoms with E-state index in [0.717, 1.165) is 16.7 Å². The molecule has 3 aromatic rings. The summed E-state index contributed by atoms with van der Waals surface area (Å²) in [4.78, 5) is 0. The molecule has 3 aromatic carbocycles. The molecule has 2 atom stereocenters. The van der Waals surface area contributed by atoms with Gasteiger partial charge >= 0.3 is 0 Å². The third-order valence-electron chi connectivity index (χ3n) is 4.64. The van der Waals surface area contributed by atoms with Gasteiger partial charge in [-0.1, -0.05) is 41.4 Å². The smallest absolute Gasteiger partial charge is 0.262 e. The highest BCUT2D eigenvalue weighted by Gasteiger charge is 2.43. The predicted molar refractivity (Wildman–Crippen MR) is 105 cm³/mol. The molecule has 0 aromatic heterocycles. The van der Waals surface area contributed by atoms with Gasteiger partial charge in [0, 0.05) is 21.2 Å². The molecule has 0 amide bonds. The van der Waals surface area contributed by atoms with E-state index in [1.54, 1.807) is 37.4 Å². The predicted octanol–water partition coefficient (Wildman–Crippen LogP) is 5.01. The van der Waals surface area contributed by atoms with Gasteiger partial charge in [0.25, 0.3) is 7.37 Å². The lowest BCUT2D eigenvalue weighted by Gasteiger charge is -2.16. The summed E-state index contributed by atoms with van der Waals surface area (Å²) >= 11 is 6.22. The van der Waals surface area contributed by atoms with E-state index in [4.69, 9.17) is 20.9 Å². The standard InChI is InChI=1S/C21H18ClO3P/c1-14-3-5-15(6-4-14)21-19-13-16(22)7-12-20(19)26(23,25-21)18-10-8-17(24-2)9-11-18/h3-13,21H,1-2H3. The molecule has 3 nitrogen and oxygen atoms in total. The zero-order chi connectivity index (χ0) is 18.3. The van der Waals surface area contributed by atoms with E-state index < -0.39 is 13.5 Å². The summed E-state index contributed by atoms with van der Waals surface area (Å²) in [5.41, 5.74) is 2.99. The minimum absolute atomic E-state index is 0.405. The molecular weight excluding hydrogens is 367 g/mol. The van der Waals surface area contributed by atoms with Crippen molar-refractivity contribution < 1.29 is 13.8 Å². The molecule has 1 aliphatic rings. The molecule has 2 unspecified atom stereocenters. The number of ether oxygens (including phenoxy) is 1. The summed E-state index contributed by atoms with van der Waals surface area (Å²) in [5, 5.41) is 1.96. The van der Waals surface area contributed by atoms with Crippen molar-refractivity contribution >= 4 is 29.6 Å². The minimum atomic E-state index is -3.21. The molecule has 0 fully saturated rings. The first kappa shape index (κ1) is 17.4. The molecule has 0 saturated heterocycles. The Bertz CT molecular complexity index is 997. The van der Waals surface area contributed by atoms with Crippen LogP contribution in [0, 0.1) is 6.92 Å². The summed E-state index contributed by atoms with van der Waals surface area (Å²) in [7, 11) is -1.61. The van der Waals surface area contributed by atoms with Gasteiger partial charge in [0.1, 0.15) is 11.9 Å². The monoisotopic (exact) mass is 384 g/mol. The minimum Gasteiger partial charge on any atom is -0.497 e. The number of aryl methyl sites for hydroxylation is 1. The van der Waals surface area contributed by atoms with Crippen LogP contribution in [-0.2, 0) is 9.09 Å². The maximum Gasteiger partial charge on any atom is 0.262 e. The highest BCUT2D eigenvalue weighted by Crippen LogP contribution is 2.57. The van der Waals surface area contributed by atoms with Gasteiger partial charge in [-0.05, 0) is 55.0 Å². The zero-order valence-electron chi connectivity index (χ0n) is 14.5. The Hall–Kier alpha value is -2.06. The van der Waals surface area contributed by atoms with Crippen LogP contribution in [0.15, 0.2) is 66.7 Å². The fourth-order valence-electron chi connectivity index (χ4n) is 3.23. The van der Waals surface area contributed by atoms with E-state index >= 15 is 0 Å². The Labute approximate surface area is 158 Å². The quantitative estimate of drug-likeness (QED) is 0.596. The van der Waals surface area contributed by atoms with Crippen molar-refractivity contribution in [3.05, 3.63) is 88.4 Å². The number of benzene rings is 3. The van der Waals surface area contributed by atoms with Gasteiger partial charge in [-0.25, -0.2) is 0 Å². The molecule has 132 valence electrons. The van der Waals surface area contributed by atoms with E-state index in [2.05, 4.69) is 0 Å². The third kappa shape index (κ3) is 2.87. The van der Waals surface area contributed by atoms with Crippen LogP contribution in [0.3, 0.4) is 0 Å². The molecular formula is C21H18ClO3P. The van der Waals surface area contributed by atoms with Gasteiger partial charge in [-0.15, -0.1) is 0 Å². The van der Waals surface area contributed by atoms with E-state index in [1.807, 2.05) is 43.3 Å². The van der Waals surface area contributed by atoms with Gasteiger partial charge in [0.05, 0.1) is 7.11 Å². The van der Waals surface area contributed by atoms with Gasteiger partial charge in [0.15, 0.2) is 0 Å². The lowest BCUT2D eigenvalue weighted by atomic mass is 10.0. The number of methoxy groups -OCH3 is 1. The second-order valence-corrected chi connectivity index (χ2v) is 9.10. The molecule has 26 heavy (non-hydrogen) atoms. The Kier molecular flexibility index (Phi) is 4.40. The molecule has 0 aliphatic carbocycles. The molecule has 4 rings (SSSR count). The Morgan fingerprint density at radius 1 is 1.00 bits per heavy atom. The Morgan fingerprint density at radius 2 is 1.69 bits per heavy atom. The summed E-state index contributed by atoms with van der Waals surface area (Å²) in [6.07, 6.45) is -0.405. The number of rotatable bonds is 3. The molecule has 0 radical (unpaired) electrons. The Balaban J connectivity index is 1.85. The fraction of sp³-hybridized carbons (Fsp3) is 0.143. The van der Waals surface area contributed by atoms with Crippen molar-refractivity contribution in [3.63, 3.8) is 0 Å². The zero-order valence-corrected chi connectivity index (χ0v) is 16.1. The van der Waals surface area contributed by atoms with Crippen LogP contribution in [0.25, 0.3) is 0 Å². The SMILES string of the molecule is COc1ccc(P2(=O)OC(c3ccc(C)cc3)c3cc(Cl)ccc32)cc1. The maximum absolute atomic E-state index is 13.9. The van der Waals surface area contributed by atoms with E-state index in [0.29, 0.717) is 21.4 Å². The van der Waals surface area contributed by atoms with E-state index in [1.165, 1.54) is 0 Å². The van der Waals surface area contributed by atoms with E-state index in [9.17, 15) is 4.57 Å². The van der Waals surface area contributed by atoms with Crippen LogP contribution in [-0.4, -0.2) is 7.11 Å². The van der Waals surface area contributed by atoms with Crippen molar-refractivity contribution in [2.24, 2.45) is 0 Å². The molecule has 5 heteroatoms. The number of hydrogen-bond donors (Lipinski definition) is 0. The first-order chi connectivity index (χ1) is 12.5. The molecule has 1 aliphatic heterocycles. The first-order valence-corrected chi connectivity index (χ1v) is 10.3. The summed E-state index contributed by atoms with van der Waals surface area (Å²) in [6.45, 7) is 2.03. The summed E-state index contributed by atoms with van der Waals surface area (Å²) < 4.78 is 25.3. The Morgan fingerprint density at radius 3 is 2.35 bits per heavy atom. The van der Waals surface area contributed by atoms with Crippen LogP contribution in [0.1, 0.15) is 22.8 Å². The number of hydrogen-bond acceptors (Lipinski definition) is 3. The summed E-state index contributed by atoms with van der Waals surface area (Å²) in [5.74, 6) is 0.714. The van der Waals surface area contributed by atoms with Crippen LogP contribution in [0.5, 0.6) is 5.75 Å². The lowest BCUT2D eigenvalue weighted by Crippen LogP contribution is -2.14. The van der Waals surface area contributed by atoms with Crippen molar-refractivity contribution in [1.82, 2.24) is 0 Å². The van der Waals surface area contributed by atoms with Gasteiger partial charge < -0.3 is 9.26 Å². The molecule has 0 bridgehead atoms. The lowest BCUT2D eigenvalue weighted by molar-refractivity contribution is 0.272. The van der Waals surface area contributed by atoms with Gasteiger partial charge in [-0.2, -0.15) is 0 Å². The second kappa shape index (κ2) is 6.59.